The molecule has 0 spiro atoms. The van der Waals surface area contributed by atoms with Crippen molar-refractivity contribution in [3.05, 3.63) is 51.5 Å². The van der Waals surface area contributed by atoms with Crippen molar-refractivity contribution in [2.24, 2.45) is 7.05 Å². The molecule has 2 heterocycles. The van der Waals surface area contributed by atoms with Crippen LogP contribution in [0.15, 0.2) is 28.8 Å². The number of aryl methyl sites for hydroxylation is 1. The van der Waals surface area contributed by atoms with Crippen molar-refractivity contribution in [3.63, 3.8) is 0 Å². The first-order valence-electron chi connectivity index (χ1n) is 6.59. The maximum atomic E-state index is 11.9. The normalized spacial score (nSPS) is 12.5. The molecule has 8 heteroatoms. The van der Waals surface area contributed by atoms with Crippen LogP contribution in [0.2, 0.25) is 0 Å². The van der Waals surface area contributed by atoms with Gasteiger partial charge in [0.2, 0.25) is 5.91 Å². The molecule has 2 rings (SSSR count). The van der Waals surface area contributed by atoms with Gasteiger partial charge in [-0.3, -0.25) is 19.6 Å². The molecule has 22 heavy (non-hydrogen) atoms. The highest BCUT2D eigenvalue weighted by Crippen LogP contribution is 2.17. The zero-order valence-electron chi connectivity index (χ0n) is 12.4. The van der Waals surface area contributed by atoms with Crippen LogP contribution in [0.1, 0.15) is 30.0 Å². The van der Waals surface area contributed by atoms with E-state index in [9.17, 15) is 14.9 Å². The van der Waals surface area contributed by atoms with E-state index in [-0.39, 0.29) is 23.6 Å². The van der Waals surface area contributed by atoms with Crippen LogP contribution in [-0.2, 0) is 11.8 Å². The molecule has 2 aromatic rings. The van der Waals surface area contributed by atoms with Gasteiger partial charge in [-0.1, -0.05) is 0 Å². The molecule has 2 aromatic heterocycles. The topological polar surface area (TPSA) is 103 Å². The highest BCUT2D eigenvalue weighted by atomic mass is 16.6. The molecule has 1 N–H and O–H groups in total. The average Bonchev–Trinajstić information content (AvgIpc) is 3.05. The highest BCUT2D eigenvalue weighted by molar-refractivity contribution is 5.91. The smallest absolute Gasteiger partial charge is 0.401 e. The van der Waals surface area contributed by atoms with E-state index in [1.807, 2.05) is 20.9 Å². The average molecular weight is 304 g/mol. The molecule has 0 radical (unpaired) electrons. The van der Waals surface area contributed by atoms with Gasteiger partial charge in [-0.2, -0.15) is 5.10 Å². The van der Waals surface area contributed by atoms with Gasteiger partial charge in [-0.05, 0) is 26.0 Å². The molecule has 0 saturated carbocycles. The third-order valence-corrected chi connectivity index (χ3v) is 3.29. The number of amides is 1. The largest absolute Gasteiger partial charge is 0.433 e. The van der Waals surface area contributed by atoms with Crippen LogP contribution in [0.25, 0.3) is 6.08 Å². The van der Waals surface area contributed by atoms with Crippen LogP contribution in [0.3, 0.4) is 0 Å². The third kappa shape index (κ3) is 3.40. The predicted molar refractivity (Wildman–Crippen MR) is 78.9 cm³/mol. The van der Waals surface area contributed by atoms with Gasteiger partial charge in [0.05, 0.1) is 18.3 Å². The second-order valence-corrected chi connectivity index (χ2v) is 4.81. The molecule has 0 aromatic carbocycles. The first-order valence-corrected chi connectivity index (χ1v) is 6.59. The number of nitrogens with one attached hydrogen (secondary N) is 1. The van der Waals surface area contributed by atoms with E-state index in [2.05, 4.69) is 10.4 Å². The van der Waals surface area contributed by atoms with Crippen molar-refractivity contribution >= 4 is 17.9 Å². The van der Waals surface area contributed by atoms with Crippen molar-refractivity contribution in [2.75, 3.05) is 0 Å². The van der Waals surface area contributed by atoms with Gasteiger partial charge in [0, 0.05) is 24.4 Å². The van der Waals surface area contributed by atoms with Gasteiger partial charge in [0.15, 0.2) is 0 Å². The molecule has 0 fully saturated rings. The maximum absolute atomic E-state index is 11.9. The van der Waals surface area contributed by atoms with Gasteiger partial charge in [0.25, 0.3) is 0 Å². The minimum atomic E-state index is -0.634. The number of carbonyl (C=O) groups excluding carboxylic acids is 1. The molecular formula is C14H16N4O4. The lowest BCUT2D eigenvalue weighted by molar-refractivity contribution is -0.402. The molecule has 1 amide bonds. The molecule has 0 aliphatic heterocycles. The summed E-state index contributed by atoms with van der Waals surface area (Å²) in [5, 5.41) is 17.4. The first-order chi connectivity index (χ1) is 10.4. The summed E-state index contributed by atoms with van der Waals surface area (Å²) in [6.07, 6.45) is 4.36. The van der Waals surface area contributed by atoms with E-state index in [4.69, 9.17) is 4.42 Å². The van der Waals surface area contributed by atoms with Crippen molar-refractivity contribution < 1.29 is 14.1 Å². The van der Waals surface area contributed by atoms with Crippen LogP contribution in [0.4, 0.5) is 5.88 Å². The first kappa shape index (κ1) is 15.5. The van der Waals surface area contributed by atoms with Crippen LogP contribution in [0.5, 0.6) is 0 Å². The van der Waals surface area contributed by atoms with Crippen LogP contribution in [-0.4, -0.2) is 20.6 Å². The molecule has 1 atom stereocenters. The Morgan fingerprint density at radius 3 is 2.82 bits per heavy atom. The summed E-state index contributed by atoms with van der Waals surface area (Å²) >= 11 is 0. The fourth-order valence-electron chi connectivity index (χ4n) is 1.97. The van der Waals surface area contributed by atoms with Gasteiger partial charge in [-0.25, -0.2) is 0 Å². The van der Waals surface area contributed by atoms with Crippen LogP contribution in [0, 0.1) is 17.0 Å². The molecule has 0 saturated heterocycles. The zero-order valence-corrected chi connectivity index (χ0v) is 12.4. The summed E-state index contributed by atoms with van der Waals surface area (Å²) in [5.41, 5.74) is 1.90. The Morgan fingerprint density at radius 2 is 2.27 bits per heavy atom. The van der Waals surface area contributed by atoms with Gasteiger partial charge >= 0.3 is 5.88 Å². The number of carbonyl (C=O) groups is 1. The Kier molecular flexibility index (Phi) is 4.40. The fourth-order valence-corrected chi connectivity index (χ4v) is 1.97. The Hall–Kier alpha value is -2.90. The lowest BCUT2D eigenvalue weighted by atomic mass is 10.1. The van der Waals surface area contributed by atoms with E-state index in [1.165, 1.54) is 24.3 Å². The summed E-state index contributed by atoms with van der Waals surface area (Å²) in [4.78, 5) is 21.7. The summed E-state index contributed by atoms with van der Waals surface area (Å²) in [6.45, 7) is 3.77. The second kappa shape index (κ2) is 6.25. The third-order valence-electron chi connectivity index (χ3n) is 3.29. The van der Waals surface area contributed by atoms with Crippen LogP contribution < -0.4 is 5.32 Å². The summed E-state index contributed by atoms with van der Waals surface area (Å²) in [7, 11) is 1.83. The molecule has 116 valence electrons. The Morgan fingerprint density at radius 1 is 1.55 bits per heavy atom. The molecule has 1 unspecified atom stereocenters. The lowest BCUT2D eigenvalue weighted by Gasteiger charge is -2.11. The van der Waals surface area contributed by atoms with E-state index in [1.54, 1.807) is 10.9 Å². The maximum Gasteiger partial charge on any atom is 0.433 e. The molecule has 0 aliphatic rings. The predicted octanol–water partition coefficient (Wildman–Crippen LogP) is 2.12. The monoisotopic (exact) mass is 304 g/mol. The standard InChI is InChI=1S/C14H16N4O4/c1-9(12-8-15-17(3)10(12)2)16-13(19)6-4-11-5-7-14(22-11)18(20)21/h4-9H,1-3H3,(H,16,19)/b6-4+. The Labute approximate surface area is 126 Å². The summed E-state index contributed by atoms with van der Waals surface area (Å²) in [5.74, 6) is -0.443. The van der Waals surface area contributed by atoms with Crippen molar-refractivity contribution in [1.82, 2.24) is 15.1 Å². The fraction of sp³-hybridized carbons (Fsp3) is 0.286. The summed E-state index contributed by atoms with van der Waals surface area (Å²) < 4.78 is 6.66. The SMILES string of the molecule is Cc1c(C(C)NC(=O)/C=C/c2ccc([N+](=O)[O-])o2)cnn1C. The quantitative estimate of drug-likeness (QED) is 0.517. The van der Waals surface area contributed by atoms with Crippen molar-refractivity contribution in [3.8, 4) is 0 Å². The Bertz CT molecular complexity index is 729. The zero-order chi connectivity index (χ0) is 16.3. The number of hydrogen-bond acceptors (Lipinski definition) is 5. The van der Waals surface area contributed by atoms with Gasteiger partial charge in [0.1, 0.15) is 10.7 Å². The van der Waals surface area contributed by atoms with E-state index in [0.717, 1.165) is 11.3 Å². The van der Waals surface area contributed by atoms with Gasteiger partial charge < -0.3 is 9.73 Å². The van der Waals surface area contributed by atoms with Crippen molar-refractivity contribution in [1.29, 1.82) is 0 Å². The second-order valence-electron chi connectivity index (χ2n) is 4.81. The number of hydrogen-bond donors (Lipinski definition) is 1. The van der Waals surface area contributed by atoms with E-state index in [0.29, 0.717) is 0 Å². The van der Waals surface area contributed by atoms with E-state index >= 15 is 0 Å². The van der Waals surface area contributed by atoms with Crippen molar-refractivity contribution in [2.45, 2.75) is 19.9 Å². The minimum absolute atomic E-state index is 0.197. The molecule has 0 aliphatic carbocycles. The number of rotatable bonds is 5. The lowest BCUT2D eigenvalue weighted by Crippen LogP contribution is -2.24. The summed E-state index contributed by atoms with van der Waals surface area (Å²) in [6, 6.07) is 2.47. The number of aromatic nitrogens is 2. The minimum Gasteiger partial charge on any atom is -0.401 e. The molecule has 8 nitrogen and oxygen atoms in total. The molecular weight excluding hydrogens is 288 g/mol. The Balaban J connectivity index is 1.98. The number of nitrogens with zero attached hydrogens (tertiary/aromatic N) is 3. The highest BCUT2D eigenvalue weighted by Gasteiger charge is 2.14. The number of furan rings is 1. The number of nitro groups is 1. The van der Waals surface area contributed by atoms with Crippen LogP contribution >= 0.6 is 0 Å². The van der Waals surface area contributed by atoms with E-state index < -0.39 is 4.92 Å². The molecule has 0 bridgehead atoms. The van der Waals surface area contributed by atoms with Gasteiger partial charge in [-0.15, -0.1) is 0 Å².